The molecule has 0 unspecified atom stereocenters. The van der Waals surface area contributed by atoms with Crippen molar-refractivity contribution in [3.8, 4) is 0 Å². The van der Waals surface area contributed by atoms with E-state index in [0.717, 1.165) is 23.7 Å². The Morgan fingerprint density at radius 1 is 1.12 bits per heavy atom. The summed E-state index contributed by atoms with van der Waals surface area (Å²) in [5.74, 6) is 0. The van der Waals surface area contributed by atoms with E-state index >= 15 is 0 Å². The molecule has 7 heteroatoms. The van der Waals surface area contributed by atoms with E-state index in [2.05, 4.69) is 16.8 Å². The van der Waals surface area contributed by atoms with Gasteiger partial charge in [0, 0.05) is 31.6 Å². The minimum atomic E-state index is -3.40. The Hall–Kier alpha value is -1.44. The predicted molar refractivity (Wildman–Crippen MR) is 98.3 cm³/mol. The van der Waals surface area contributed by atoms with Crippen molar-refractivity contribution in [3.05, 3.63) is 40.9 Å². The van der Waals surface area contributed by atoms with Crippen molar-refractivity contribution in [2.45, 2.75) is 31.6 Å². The highest BCUT2D eigenvalue weighted by atomic mass is 32.2. The molecule has 24 heavy (non-hydrogen) atoms. The van der Waals surface area contributed by atoms with Gasteiger partial charge in [-0.25, -0.2) is 13.4 Å². The van der Waals surface area contributed by atoms with Gasteiger partial charge in [-0.3, -0.25) is 0 Å². The third-order valence-electron chi connectivity index (χ3n) is 4.22. The maximum absolute atomic E-state index is 12.8. The average Bonchev–Trinajstić information content (AvgIpc) is 3.02. The Kier molecular flexibility index (Phi) is 5.22. The van der Waals surface area contributed by atoms with Crippen LogP contribution in [0, 0.1) is 6.92 Å². The standard InChI is InChI=1S/C17H23N3O2S2/c1-3-4-15-5-7-16(8-6-15)24(21,22)20-11-9-19(10-12-20)17-18-14(2)13-23-17/h5-8,13H,3-4,9-12H2,1-2H3. The van der Waals surface area contributed by atoms with Crippen LogP contribution in [0.15, 0.2) is 34.5 Å². The molecule has 1 aliphatic rings. The lowest BCUT2D eigenvalue weighted by molar-refractivity contribution is 0.384. The first-order chi connectivity index (χ1) is 11.5. The fraction of sp³-hybridized carbons (Fsp3) is 0.471. The van der Waals surface area contributed by atoms with Crippen molar-refractivity contribution in [2.75, 3.05) is 31.1 Å². The van der Waals surface area contributed by atoms with Crippen molar-refractivity contribution < 1.29 is 8.42 Å². The van der Waals surface area contributed by atoms with Gasteiger partial charge >= 0.3 is 0 Å². The second kappa shape index (κ2) is 7.21. The molecule has 2 heterocycles. The average molecular weight is 366 g/mol. The van der Waals surface area contributed by atoms with Gasteiger partial charge in [-0.05, 0) is 31.0 Å². The van der Waals surface area contributed by atoms with Crippen LogP contribution < -0.4 is 4.90 Å². The van der Waals surface area contributed by atoms with Crippen molar-refractivity contribution in [1.29, 1.82) is 0 Å². The highest BCUT2D eigenvalue weighted by molar-refractivity contribution is 7.89. The summed E-state index contributed by atoms with van der Waals surface area (Å²) in [6.45, 7) is 6.45. The van der Waals surface area contributed by atoms with Crippen LogP contribution in [0.25, 0.3) is 0 Å². The van der Waals surface area contributed by atoms with E-state index in [1.54, 1.807) is 27.8 Å². The fourth-order valence-corrected chi connectivity index (χ4v) is 5.15. The lowest BCUT2D eigenvalue weighted by atomic mass is 10.1. The van der Waals surface area contributed by atoms with Gasteiger partial charge in [-0.15, -0.1) is 11.3 Å². The third kappa shape index (κ3) is 3.63. The van der Waals surface area contributed by atoms with E-state index < -0.39 is 10.0 Å². The van der Waals surface area contributed by atoms with Crippen molar-refractivity contribution in [2.24, 2.45) is 0 Å². The molecule has 0 aliphatic carbocycles. The highest BCUT2D eigenvalue weighted by Crippen LogP contribution is 2.24. The number of nitrogens with zero attached hydrogens (tertiary/aromatic N) is 3. The number of benzene rings is 1. The summed E-state index contributed by atoms with van der Waals surface area (Å²) >= 11 is 1.61. The first-order valence-corrected chi connectivity index (χ1v) is 10.6. The summed E-state index contributed by atoms with van der Waals surface area (Å²) in [5.41, 5.74) is 2.19. The molecule has 130 valence electrons. The normalized spacial score (nSPS) is 16.5. The van der Waals surface area contributed by atoms with Crippen LogP contribution in [0.4, 0.5) is 5.13 Å². The quantitative estimate of drug-likeness (QED) is 0.817. The number of sulfonamides is 1. The zero-order valence-corrected chi connectivity index (χ0v) is 15.7. The summed E-state index contributed by atoms with van der Waals surface area (Å²) in [7, 11) is -3.40. The Morgan fingerprint density at radius 3 is 2.33 bits per heavy atom. The summed E-state index contributed by atoms with van der Waals surface area (Å²) in [6, 6.07) is 7.31. The van der Waals surface area contributed by atoms with E-state index in [0.29, 0.717) is 31.1 Å². The monoisotopic (exact) mass is 365 g/mol. The molecule has 1 aromatic carbocycles. The maximum atomic E-state index is 12.8. The van der Waals surface area contributed by atoms with Gasteiger partial charge in [0.05, 0.1) is 10.6 Å². The van der Waals surface area contributed by atoms with Gasteiger partial charge in [0.1, 0.15) is 0 Å². The number of anilines is 1. The first-order valence-electron chi connectivity index (χ1n) is 8.27. The molecule has 0 radical (unpaired) electrons. The molecule has 1 fully saturated rings. The molecule has 5 nitrogen and oxygen atoms in total. The van der Waals surface area contributed by atoms with Crippen LogP contribution in [0.1, 0.15) is 24.6 Å². The zero-order chi connectivity index (χ0) is 17.2. The lowest BCUT2D eigenvalue weighted by Gasteiger charge is -2.33. The van der Waals surface area contributed by atoms with Crippen molar-refractivity contribution in [3.63, 3.8) is 0 Å². The zero-order valence-electron chi connectivity index (χ0n) is 14.1. The lowest BCUT2D eigenvalue weighted by Crippen LogP contribution is -2.48. The number of hydrogen-bond acceptors (Lipinski definition) is 5. The summed E-state index contributed by atoms with van der Waals surface area (Å²) in [5, 5.41) is 3.00. The van der Waals surface area contributed by atoms with Crippen LogP contribution in [-0.2, 0) is 16.4 Å². The highest BCUT2D eigenvalue weighted by Gasteiger charge is 2.29. The number of hydrogen-bond donors (Lipinski definition) is 0. The molecule has 0 bridgehead atoms. The summed E-state index contributed by atoms with van der Waals surface area (Å²) in [4.78, 5) is 7.03. The largest absolute Gasteiger partial charge is 0.345 e. The molecule has 1 saturated heterocycles. The number of piperazine rings is 1. The SMILES string of the molecule is CCCc1ccc(S(=O)(=O)N2CCN(c3nc(C)cs3)CC2)cc1. The smallest absolute Gasteiger partial charge is 0.243 e. The maximum Gasteiger partial charge on any atom is 0.243 e. The van der Waals surface area contributed by atoms with E-state index in [-0.39, 0.29) is 0 Å². The number of aromatic nitrogens is 1. The van der Waals surface area contributed by atoms with Gasteiger partial charge in [-0.2, -0.15) is 4.31 Å². The molecule has 2 aromatic rings. The van der Waals surface area contributed by atoms with Crippen LogP contribution >= 0.6 is 11.3 Å². The molecule has 0 saturated carbocycles. The Labute approximate surface area is 148 Å². The molecule has 1 aromatic heterocycles. The van der Waals surface area contributed by atoms with Crippen LogP contribution in [-0.4, -0.2) is 43.9 Å². The summed E-state index contributed by atoms with van der Waals surface area (Å²) in [6.07, 6.45) is 2.04. The Bertz CT molecular complexity index is 776. The van der Waals surface area contributed by atoms with Gasteiger partial charge in [0.2, 0.25) is 10.0 Å². The van der Waals surface area contributed by atoms with E-state index in [9.17, 15) is 8.42 Å². The second-order valence-corrected chi connectivity index (χ2v) is 8.83. The molecular formula is C17H23N3O2S2. The first kappa shape index (κ1) is 17.4. The molecule has 0 N–H and O–H groups in total. The molecule has 0 amide bonds. The Morgan fingerprint density at radius 2 is 1.79 bits per heavy atom. The van der Waals surface area contributed by atoms with Gasteiger partial charge in [0.25, 0.3) is 0 Å². The third-order valence-corrected chi connectivity index (χ3v) is 7.15. The second-order valence-electron chi connectivity index (χ2n) is 6.06. The Balaban J connectivity index is 1.68. The van der Waals surface area contributed by atoms with E-state index in [1.165, 1.54) is 5.56 Å². The van der Waals surface area contributed by atoms with Crippen molar-refractivity contribution in [1.82, 2.24) is 9.29 Å². The molecule has 3 rings (SSSR count). The topological polar surface area (TPSA) is 53.5 Å². The predicted octanol–water partition coefficient (Wildman–Crippen LogP) is 2.91. The van der Waals surface area contributed by atoms with Crippen molar-refractivity contribution >= 4 is 26.5 Å². The fourth-order valence-electron chi connectivity index (χ4n) is 2.87. The molecular weight excluding hydrogens is 342 g/mol. The number of aryl methyl sites for hydroxylation is 2. The van der Waals surface area contributed by atoms with E-state index in [4.69, 9.17) is 0 Å². The minimum absolute atomic E-state index is 0.390. The molecule has 0 atom stereocenters. The molecule has 1 aliphatic heterocycles. The van der Waals surface area contributed by atoms with E-state index in [1.807, 2.05) is 24.4 Å². The minimum Gasteiger partial charge on any atom is -0.345 e. The van der Waals surface area contributed by atoms with Crippen LogP contribution in [0.2, 0.25) is 0 Å². The number of rotatable bonds is 5. The van der Waals surface area contributed by atoms with Gasteiger partial charge in [-0.1, -0.05) is 25.5 Å². The summed E-state index contributed by atoms with van der Waals surface area (Å²) < 4.78 is 27.2. The van der Waals surface area contributed by atoms with Crippen LogP contribution in [0.3, 0.4) is 0 Å². The molecule has 0 spiro atoms. The van der Waals surface area contributed by atoms with Crippen LogP contribution in [0.5, 0.6) is 0 Å². The van der Waals surface area contributed by atoms with Gasteiger partial charge in [0.15, 0.2) is 5.13 Å². The van der Waals surface area contributed by atoms with Gasteiger partial charge < -0.3 is 4.90 Å². The number of thiazole rings is 1.